The van der Waals surface area contributed by atoms with Crippen LogP contribution in [0.25, 0.3) is 0 Å². The molecule has 3 aromatic rings. The van der Waals surface area contributed by atoms with Crippen LogP contribution in [0.3, 0.4) is 0 Å². The molecule has 4 rings (SSSR count). The Bertz CT molecular complexity index is 1290. The SMILES string of the molecule is O=C(Nc1ccc2c(c1)CN(S(=O)(=O)c1ccc(Cl)cc1)CC2)c1ccc(C(F)(F)F)cc1. The number of rotatable bonds is 4. The molecule has 1 amide bonds. The third-order valence-corrected chi connectivity index (χ3v) is 7.48. The predicted molar refractivity (Wildman–Crippen MR) is 119 cm³/mol. The van der Waals surface area contributed by atoms with E-state index in [9.17, 15) is 26.4 Å². The van der Waals surface area contributed by atoms with Crippen LogP contribution in [-0.4, -0.2) is 25.2 Å². The van der Waals surface area contributed by atoms with Crippen molar-refractivity contribution in [1.29, 1.82) is 0 Å². The van der Waals surface area contributed by atoms with E-state index in [0.717, 1.165) is 35.4 Å². The third kappa shape index (κ3) is 5.05. The molecule has 0 bridgehead atoms. The minimum Gasteiger partial charge on any atom is -0.322 e. The van der Waals surface area contributed by atoms with Gasteiger partial charge in [-0.25, -0.2) is 8.42 Å². The van der Waals surface area contributed by atoms with Gasteiger partial charge in [0.05, 0.1) is 10.5 Å². The Morgan fingerprint density at radius 1 is 0.939 bits per heavy atom. The Labute approximate surface area is 193 Å². The molecule has 0 saturated heterocycles. The summed E-state index contributed by atoms with van der Waals surface area (Å²) in [4.78, 5) is 12.6. The fourth-order valence-corrected chi connectivity index (χ4v) is 5.13. The standard InChI is InChI=1S/C23H18ClF3N2O3S/c24-19-6-9-21(10-7-19)33(31,32)29-12-11-15-3-8-20(13-17(15)14-29)28-22(30)16-1-4-18(5-2-16)23(25,26)27/h1-10,13H,11-12,14H2,(H,28,30). The third-order valence-electron chi connectivity index (χ3n) is 5.37. The van der Waals surface area contributed by atoms with E-state index >= 15 is 0 Å². The van der Waals surface area contributed by atoms with Gasteiger partial charge in [-0.3, -0.25) is 4.79 Å². The first-order valence-corrected chi connectivity index (χ1v) is 11.7. The van der Waals surface area contributed by atoms with Gasteiger partial charge < -0.3 is 5.32 Å². The fraction of sp³-hybridized carbons (Fsp3) is 0.174. The van der Waals surface area contributed by atoms with Gasteiger partial charge in [-0.1, -0.05) is 17.7 Å². The molecule has 1 heterocycles. The number of hydrogen-bond acceptors (Lipinski definition) is 3. The van der Waals surface area contributed by atoms with Crippen molar-refractivity contribution < 1.29 is 26.4 Å². The molecule has 10 heteroatoms. The Kier molecular flexibility index (Phi) is 6.22. The highest BCUT2D eigenvalue weighted by Gasteiger charge is 2.30. The first-order valence-electron chi connectivity index (χ1n) is 9.90. The van der Waals surface area contributed by atoms with Gasteiger partial charge in [-0.15, -0.1) is 0 Å². The minimum atomic E-state index is -4.48. The summed E-state index contributed by atoms with van der Waals surface area (Å²) < 4.78 is 65.5. The average molecular weight is 495 g/mol. The maximum Gasteiger partial charge on any atom is 0.416 e. The molecule has 5 nitrogen and oxygen atoms in total. The number of benzene rings is 3. The van der Waals surface area contributed by atoms with E-state index in [4.69, 9.17) is 11.6 Å². The number of halogens is 4. The van der Waals surface area contributed by atoms with Crippen LogP contribution in [0, 0.1) is 0 Å². The summed E-state index contributed by atoms with van der Waals surface area (Å²) in [5, 5.41) is 3.09. The lowest BCUT2D eigenvalue weighted by atomic mass is 10.0. The number of nitrogens with one attached hydrogen (secondary N) is 1. The minimum absolute atomic E-state index is 0.0765. The Morgan fingerprint density at radius 3 is 2.24 bits per heavy atom. The Morgan fingerprint density at radius 2 is 1.61 bits per heavy atom. The van der Waals surface area contributed by atoms with E-state index in [1.165, 1.54) is 28.6 Å². The van der Waals surface area contributed by atoms with Crippen molar-refractivity contribution in [2.24, 2.45) is 0 Å². The van der Waals surface area contributed by atoms with Crippen molar-refractivity contribution >= 4 is 33.2 Å². The molecule has 3 aromatic carbocycles. The molecular weight excluding hydrogens is 477 g/mol. The number of anilines is 1. The van der Waals surface area contributed by atoms with Crippen LogP contribution in [0.2, 0.25) is 5.02 Å². The number of sulfonamides is 1. The zero-order chi connectivity index (χ0) is 23.8. The van der Waals surface area contributed by atoms with Crippen molar-refractivity contribution in [3.63, 3.8) is 0 Å². The summed E-state index contributed by atoms with van der Waals surface area (Å²) in [5.74, 6) is -0.565. The summed E-state index contributed by atoms with van der Waals surface area (Å²) in [5.41, 5.74) is 1.36. The zero-order valence-corrected chi connectivity index (χ0v) is 18.6. The molecule has 0 aromatic heterocycles. The van der Waals surface area contributed by atoms with Crippen molar-refractivity contribution in [2.75, 3.05) is 11.9 Å². The zero-order valence-electron chi connectivity index (χ0n) is 17.1. The lowest BCUT2D eigenvalue weighted by Crippen LogP contribution is -2.36. The summed E-state index contributed by atoms with van der Waals surface area (Å²) in [6.07, 6.45) is -3.97. The summed E-state index contributed by atoms with van der Waals surface area (Å²) in [6.45, 7) is 0.444. The molecule has 1 aliphatic heterocycles. The molecular formula is C23H18ClF3N2O3S. The predicted octanol–water partition coefficient (Wildman–Crippen LogP) is 5.36. The van der Waals surface area contributed by atoms with Gasteiger partial charge in [-0.2, -0.15) is 17.5 Å². The number of nitrogens with zero attached hydrogens (tertiary/aromatic N) is 1. The molecule has 0 fully saturated rings. The van der Waals surface area contributed by atoms with Gasteiger partial charge in [0.1, 0.15) is 0 Å². The number of hydrogen-bond donors (Lipinski definition) is 1. The Hall–Kier alpha value is -2.88. The van der Waals surface area contributed by atoms with Crippen molar-refractivity contribution in [2.45, 2.75) is 24.0 Å². The molecule has 1 N–H and O–H groups in total. The van der Waals surface area contributed by atoms with E-state index in [1.807, 2.05) is 6.07 Å². The van der Waals surface area contributed by atoms with Crippen LogP contribution in [0.15, 0.2) is 71.6 Å². The summed E-state index contributed by atoms with van der Waals surface area (Å²) >= 11 is 5.85. The van der Waals surface area contributed by atoms with Crippen LogP contribution in [0.1, 0.15) is 27.0 Å². The van der Waals surface area contributed by atoms with Crippen LogP contribution < -0.4 is 5.32 Å². The van der Waals surface area contributed by atoms with Gasteiger partial charge in [0.2, 0.25) is 10.0 Å². The maximum absolute atomic E-state index is 13.0. The van der Waals surface area contributed by atoms with Crippen LogP contribution in [-0.2, 0) is 29.2 Å². The van der Waals surface area contributed by atoms with Gasteiger partial charge in [0, 0.05) is 29.4 Å². The second-order valence-corrected chi connectivity index (χ2v) is 9.93. The first kappa shape index (κ1) is 23.3. The molecule has 0 unspecified atom stereocenters. The highest BCUT2D eigenvalue weighted by Crippen LogP contribution is 2.30. The number of amides is 1. The van der Waals surface area contributed by atoms with E-state index in [2.05, 4.69) is 5.32 Å². The normalized spacial score (nSPS) is 14.5. The van der Waals surface area contributed by atoms with Crippen molar-refractivity contribution in [3.8, 4) is 0 Å². The monoisotopic (exact) mass is 494 g/mol. The molecule has 1 aliphatic rings. The van der Waals surface area contributed by atoms with E-state index < -0.39 is 27.7 Å². The average Bonchev–Trinajstić information content (AvgIpc) is 2.78. The molecule has 0 aliphatic carbocycles. The quantitative estimate of drug-likeness (QED) is 0.531. The number of carbonyl (C=O) groups excluding carboxylic acids is 1. The number of alkyl halides is 3. The van der Waals surface area contributed by atoms with E-state index in [-0.39, 0.29) is 17.0 Å². The smallest absolute Gasteiger partial charge is 0.322 e. The Balaban J connectivity index is 1.51. The second-order valence-electron chi connectivity index (χ2n) is 7.56. The molecule has 172 valence electrons. The molecule has 0 spiro atoms. The lowest BCUT2D eigenvalue weighted by molar-refractivity contribution is -0.137. The summed E-state index contributed by atoms with van der Waals surface area (Å²) in [6, 6.07) is 15.0. The fourth-order valence-electron chi connectivity index (χ4n) is 3.58. The van der Waals surface area contributed by atoms with Crippen LogP contribution >= 0.6 is 11.6 Å². The van der Waals surface area contributed by atoms with Gasteiger partial charge in [0.25, 0.3) is 5.91 Å². The highest BCUT2D eigenvalue weighted by atomic mass is 35.5. The van der Waals surface area contributed by atoms with Crippen LogP contribution in [0.5, 0.6) is 0 Å². The summed E-state index contributed by atoms with van der Waals surface area (Å²) in [7, 11) is -3.72. The van der Waals surface area contributed by atoms with Crippen molar-refractivity contribution in [3.05, 3.63) is 94.0 Å². The molecule has 33 heavy (non-hydrogen) atoms. The highest BCUT2D eigenvalue weighted by molar-refractivity contribution is 7.89. The van der Waals surface area contributed by atoms with Crippen LogP contribution in [0.4, 0.5) is 18.9 Å². The first-order chi connectivity index (χ1) is 15.5. The molecule has 0 radical (unpaired) electrons. The molecule has 0 saturated carbocycles. The number of fused-ring (bicyclic) bond motifs is 1. The second kappa shape index (κ2) is 8.81. The van der Waals surface area contributed by atoms with E-state index in [1.54, 1.807) is 12.1 Å². The van der Waals surface area contributed by atoms with E-state index in [0.29, 0.717) is 23.7 Å². The van der Waals surface area contributed by atoms with Crippen molar-refractivity contribution in [1.82, 2.24) is 4.31 Å². The van der Waals surface area contributed by atoms with Gasteiger partial charge >= 0.3 is 6.18 Å². The largest absolute Gasteiger partial charge is 0.416 e. The van der Waals surface area contributed by atoms with Gasteiger partial charge in [-0.05, 0) is 78.2 Å². The number of carbonyl (C=O) groups is 1. The molecule has 0 atom stereocenters. The topological polar surface area (TPSA) is 66.5 Å². The lowest BCUT2D eigenvalue weighted by Gasteiger charge is -2.28. The van der Waals surface area contributed by atoms with Gasteiger partial charge in [0.15, 0.2) is 0 Å². The maximum atomic E-state index is 13.0.